The number of rotatable bonds is 4. The molecule has 1 atom stereocenters. The van der Waals surface area contributed by atoms with Gasteiger partial charge in [0.2, 0.25) is 10.0 Å². The maximum atomic E-state index is 12.3. The molecule has 4 nitrogen and oxygen atoms in total. The van der Waals surface area contributed by atoms with E-state index in [-0.39, 0.29) is 6.04 Å². The molecule has 2 N–H and O–H groups in total. The van der Waals surface area contributed by atoms with Crippen molar-refractivity contribution < 1.29 is 8.42 Å². The number of aryl methyl sites for hydroxylation is 1. The van der Waals surface area contributed by atoms with Crippen LogP contribution < -0.4 is 10.0 Å². The van der Waals surface area contributed by atoms with Crippen LogP contribution in [0.15, 0.2) is 27.6 Å². The van der Waals surface area contributed by atoms with Gasteiger partial charge in [0.05, 0.1) is 4.90 Å². The van der Waals surface area contributed by atoms with Gasteiger partial charge in [0.25, 0.3) is 0 Å². The molecule has 0 saturated carbocycles. The van der Waals surface area contributed by atoms with E-state index in [9.17, 15) is 8.42 Å². The second-order valence-corrected chi connectivity index (χ2v) is 7.56. The summed E-state index contributed by atoms with van der Waals surface area (Å²) in [6.45, 7) is 3.23. The fourth-order valence-electron chi connectivity index (χ4n) is 2.25. The number of hydrogen-bond donors (Lipinski definition) is 2. The van der Waals surface area contributed by atoms with Gasteiger partial charge in [-0.1, -0.05) is 28.4 Å². The van der Waals surface area contributed by atoms with Crippen molar-refractivity contribution in [1.29, 1.82) is 0 Å². The third-order valence-electron chi connectivity index (χ3n) is 3.37. The van der Waals surface area contributed by atoms with E-state index in [0.717, 1.165) is 29.4 Å². The van der Waals surface area contributed by atoms with Crippen LogP contribution >= 0.6 is 15.9 Å². The lowest BCUT2D eigenvalue weighted by atomic mass is 10.1. The molecule has 1 aliphatic rings. The molecule has 1 unspecified atom stereocenters. The predicted octanol–water partition coefficient (Wildman–Crippen LogP) is 2.18. The zero-order chi connectivity index (χ0) is 13.9. The number of hydrogen-bond acceptors (Lipinski definition) is 3. The molecule has 0 amide bonds. The van der Waals surface area contributed by atoms with Gasteiger partial charge in [-0.25, -0.2) is 13.1 Å². The van der Waals surface area contributed by atoms with Crippen LogP contribution in [0.5, 0.6) is 0 Å². The zero-order valence-corrected chi connectivity index (χ0v) is 13.4. The average Bonchev–Trinajstić information content (AvgIpc) is 2.40. The monoisotopic (exact) mass is 346 g/mol. The summed E-state index contributed by atoms with van der Waals surface area (Å²) in [5, 5.41) is 3.33. The van der Waals surface area contributed by atoms with Gasteiger partial charge >= 0.3 is 0 Å². The second kappa shape index (κ2) is 6.35. The summed E-state index contributed by atoms with van der Waals surface area (Å²) in [6, 6.07) is 5.54. The highest BCUT2D eigenvalue weighted by molar-refractivity contribution is 9.10. The summed E-state index contributed by atoms with van der Waals surface area (Å²) in [5.74, 6) is 0. The lowest BCUT2D eigenvalue weighted by Gasteiger charge is -2.23. The van der Waals surface area contributed by atoms with Gasteiger partial charge in [0.1, 0.15) is 0 Å². The summed E-state index contributed by atoms with van der Waals surface area (Å²) in [6.07, 6.45) is 3.36. The van der Waals surface area contributed by atoms with E-state index in [0.29, 0.717) is 11.4 Å². The maximum Gasteiger partial charge on any atom is 0.240 e. The Bertz CT molecular complexity index is 540. The summed E-state index contributed by atoms with van der Waals surface area (Å²) in [4.78, 5) is 0.345. The van der Waals surface area contributed by atoms with Crippen LogP contribution in [0.25, 0.3) is 0 Å². The number of benzene rings is 1. The van der Waals surface area contributed by atoms with Crippen molar-refractivity contribution in [2.45, 2.75) is 37.1 Å². The highest BCUT2D eigenvalue weighted by Crippen LogP contribution is 2.20. The largest absolute Gasteiger partial charge is 0.313 e. The van der Waals surface area contributed by atoms with Crippen molar-refractivity contribution in [3.8, 4) is 0 Å². The first-order valence-electron chi connectivity index (χ1n) is 6.48. The SMILES string of the molecule is Cc1ccc(Br)cc1S(=O)(=O)NCC1CCCCN1. The highest BCUT2D eigenvalue weighted by atomic mass is 79.9. The average molecular weight is 347 g/mol. The Balaban J connectivity index is 2.07. The van der Waals surface area contributed by atoms with Crippen LogP contribution in [0.1, 0.15) is 24.8 Å². The van der Waals surface area contributed by atoms with E-state index in [1.165, 1.54) is 6.42 Å². The minimum Gasteiger partial charge on any atom is -0.313 e. The quantitative estimate of drug-likeness (QED) is 0.878. The van der Waals surface area contributed by atoms with Crippen LogP contribution in [0.3, 0.4) is 0 Å². The Morgan fingerprint density at radius 2 is 2.21 bits per heavy atom. The summed E-state index contributed by atoms with van der Waals surface area (Å²) < 4.78 is 28.1. The molecule has 1 aromatic rings. The Morgan fingerprint density at radius 1 is 1.42 bits per heavy atom. The van der Waals surface area contributed by atoms with Gasteiger partial charge in [0, 0.05) is 17.1 Å². The van der Waals surface area contributed by atoms with Gasteiger partial charge in [-0.05, 0) is 44.0 Å². The summed E-state index contributed by atoms with van der Waals surface area (Å²) in [7, 11) is -3.43. The number of piperidine rings is 1. The first-order chi connectivity index (χ1) is 8.99. The summed E-state index contributed by atoms with van der Waals surface area (Å²) in [5.41, 5.74) is 0.757. The molecule has 1 heterocycles. The standard InChI is InChI=1S/C13H19BrN2O2S/c1-10-5-6-11(14)8-13(10)19(17,18)16-9-12-4-2-3-7-15-12/h5-6,8,12,15-16H,2-4,7,9H2,1H3. The molecule has 1 aromatic carbocycles. The fraction of sp³-hybridized carbons (Fsp3) is 0.538. The number of sulfonamides is 1. The lowest BCUT2D eigenvalue weighted by molar-refractivity contribution is 0.398. The zero-order valence-electron chi connectivity index (χ0n) is 10.9. The van der Waals surface area contributed by atoms with Gasteiger partial charge in [0.15, 0.2) is 0 Å². The Hall–Kier alpha value is -0.430. The summed E-state index contributed by atoms with van der Waals surface area (Å²) >= 11 is 3.31. The second-order valence-electron chi connectivity index (χ2n) is 4.91. The fourth-order valence-corrected chi connectivity index (χ4v) is 4.11. The molecule has 0 radical (unpaired) electrons. The van der Waals surface area contributed by atoms with E-state index in [4.69, 9.17) is 0 Å². The first kappa shape index (κ1) is 15.0. The first-order valence-corrected chi connectivity index (χ1v) is 8.76. The molecular formula is C13H19BrN2O2S. The Kier molecular flexibility index (Phi) is 5.00. The topological polar surface area (TPSA) is 58.2 Å². The van der Waals surface area contributed by atoms with Gasteiger partial charge in [-0.2, -0.15) is 0 Å². The molecule has 2 rings (SSSR count). The van der Waals surface area contributed by atoms with Crippen molar-refractivity contribution in [3.05, 3.63) is 28.2 Å². The van der Waals surface area contributed by atoms with Gasteiger partial charge < -0.3 is 5.32 Å². The molecule has 0 spiro atoms. The molecule has 19 heavy (non-hydrogen) atoms. The maximum absolute atomic E-state index is 12.3. The Morgan fingerprint density at radius 3 is 2.89 bits per heavy atom. The van der Waals surface area contributed by atoms with Gasteiger partial charge in [-0.3, -0.25) is 0 Å². The van der Waals surface area contributed by atoms with E-state index in [1.807, 2.05) is 6.07 Å². The molecule has 0 bridgehead atoms. The third kappa shape index (κ3) is 4.02. The molecule has 106 valence electrons. The molecule has 1 fully saturated rings. The lowest BCUT2D eigenvalue weighted by Crippen LogP contribution is -2.43. The molecule has 0 aromatic heterocycles. The number of halogens is 1. The molecule has 6 heteroatoms. The van der Waals surface area contributed by atoms with Crippen molar-refractivity contribution in [2.75, 3.05) is 13.1 Å². The molecule has 0 aliphatic carbocycles. The van der Waals surface area contributed by atoms with Crippen LogP contribution in [-0.2, 0) is 10.0 Å². The van der Waals surface area contributed by atoms with E-state index >= 15 is 0 Å². The van der Waals surface area contributed by atoms with Crippen LogP contribution in [-0.4, -0.2) is 27.5 Å². The third-order valence-corrected chi connectivity index (χ3v) is 5.43. The molecular weight excluding hydrogens is 328 g/mol. The normalized spacial score (nSPS) is 20.4. The highest BCUT2D eigenvalue weighted by Gasteiger charge is 2.20. The van der Waals surface area contributed by atoms with Crippen LogP contribution in [0.4, 0.5) is 0 Å². The van der Waals surface area contributed by atoms with E-state index < -0.39 is 10.0 Å². The van der Waals surface area contributed by atoms with Crippen LogP contribution in [0.2, 0.25) is 0 Å². The van der Waals surface area contributed by atoms with E-state index in [2.05, 4.69) is 26.0 Å². The number of nitrogens with one attached hydrogen (secondary N) is 2. The Labute approximate surface area is 123 Å². The predicted molar refractivity (Wildman–Crippen MR) is 79.7 cm³/mol. The van der Waals surface area contributed by atoms with E-state index in [1.54, 1.807) is 19.1 Å². The smallest absolute Gasteiger partial charge is 0.240 e. The molecule has 1 aliphatic heterocycles. The van der Waals surface area contributed by atoms with Gasteiger partial charge in [-0.15, -0.1) is 0 Å². The minimum atomic E-state index is -3.43. The van der Waals surface area contributed by atoms with Crippen molar-refractivity contribution >= 4 is 26.0 Å². The van der Waals surface area contributed by atoms with Crippen molar-refractivity contribution in [3.63, 3.8) is 0 Å². The minimum absolute atomic E-state index is 0.246. The van der Waals surface area contributed by atoms with Crippen LogP contribution in [0, 0.1) is 6.92 Å². The van der Waals surface area contributed by atoms with Crippen molar-refractivity contribution in [1.82, 2.24) is 10.0 Å². The van der Waals surface area contributed by atoms with Crippen molar-refractivity contribution in [2.24, 2.45) is 0 Å². The molecule has 1 saturated heterocycles.